The van der Waals surface area contributed by atoms with E-state index in [1.54, 1.807) is 36.4 Å². The smallest absolute Gasteiger partial charge is 0.293 e. The Balaban J connectivity index is 1.37. The molecule has 7 nitrogen and oxygen atoms in total. The van der Waals surface area contributed by atoms with Gasteiger partial charge in [0.1, 0.15) is 0 Å². The first-order chi connectivity index (χ1) is 14.0. The monoisotopic (exact) mass is 410 g/mol. The number of amides is 3. The number of rotatable bonds is 5. The van der Waals surface area contributed by atoms with Crippen LogP contribution in [0.3, 0.4) is 0 Å². The number of nitrogens with zero attached hydrogens (tertiary/aromatic N) is 1. The van der Waals surface area contributed by atoms with E-state index in [0.29, 0.717) is 22.0 Å². The van der Waals surface area contributed by atoms with Crippen molar-refractivity contribution in [3.63, 3.8) is 0 Å². The van der Waals surface area contributed by atoms with Crippen molar-refractivity contribution >= 4 is 34.9 Å². The van der Waals surface area contributed by atoms with Crippen molar-refractivity contribution in [2.75, 3.05) is 19.9 Å². The molecule has 0 saturated carbocycles. The molecule has 0 spiro atoms. The Hall–Kier alpha value is -3.26. The largest absolute Gasteiger partial charge is 0.454 e. The molecule has 3 amide bonds. The number of carbonyl (C=O) groups is 3. The normalized spacial score (nSPS) is 16.6. The number of nitrogens with one attached hydrogen (secondary N) is 1. The summed E-state index contributed by atoms with van der Waals surface area (Å²) in [5.41, 5.74) is 2.27. The Morgan fingerprint density at radius 2 is 2.00 bits per heavy atom. The molecule has 1 fully saturated rings. The van der Waals surface area contributed by atoms with E-state index in [1.165, 1.54) is 0 Å². The van der Waals surface area contributed by atoms with Gasteiger partial charge in [0.25, 0.3) is 17.1 Å². The van der Waals surface area contributed by atoms with E-state index in [2.05, 4.69) is 5.32 Å². The lowest BCUT2D eigenvalue weighted by molar-refractivity contribution is -0.122. The van der Waals surface area contributed by atoms with E-state index in [4.69, 9.17) is 9.47 Å². The zero-order chi connectivity index (χ0) is 20.4. The van der Waals surface area contributed by atoms with Gasteiger partial charge in [-0.25, -0.2) is 0 Å². The quantitative estimate of drug-likeness (QED) is 0.762. The lowest BCUT2D eigenvalue weighted by atomic mass is 10.1. The first-order valence-electron chi connectivity index (χ1n) is 9.01. The number of fused-ring (bicyclic) bond motifs is 1. The highest BCUT2D eigenvalue weighted by atomic mass is 32.2. The first-order valence-corrected chi connectivity index (χ1v) is 9.83. The summed E-state index contributed by atoms with van der Waals surface area (Å²) in [6, 6.07) is 12.5. The Labute approximate surface area is 171 Å². The molecule has 0 aromatic heterocycles. The molecule has 2 aliphatic rings. The second-order valence-electron chi connectivity index (χ2n) is 6.57. The maximum atomic E-state index is 12.6. The average Bonchev–Trinajstić information content (AvgIpc) is 3.27. The zero-order valence-corrected chi connectivity index (χ0v) is 16.5. The third-order valence-electron chi connectivity index (χ3n) is 4.47. The molecule has 1 saturated heterocycles. The molecule has 0 atom stereocenters. The third-order valence-corrected chi connectivity index (χ3v) is 5.38. The van der Waals surface area contributed by atoms with Gasteiger partial charge >= 0.3 is 0 Å². The fourth-order valence-electron chi connectivity index (χ4n) is 3.02. The second kappa shape index (κ2) is 8.00. The highest BCUT2D eigenvalue weighted by molar-refractivity contribution is 8.18. The molecule has 148 valence electrons. The van der Waals surface area contributed by atoms with Crippen LogP contribution in [0.15, 0.2) is 47.4 Å². The molecule has 29 heavy (non-hydrogen) atoms. The van der Waals surface area contributed by atoms with Crippen molar-refractivity contribution < 1.29 is 23.9 Å². The van der Waals surface area contributed by atoms with Crippen LogP contribution in [0.2, 0.25) is 0 Å². The van der Waals surface area contributed by atoms with Gasteiger partial charge in [0.2, 0.25) is 6.79 Å². The molecule has 8 heteroatoms. The molecule has 2 aliphatic heterocycles. The summed E-state index contributed by atoms with van der Waals surface area (Å²) in [4.78, 5) is 38.5. The van der Waals surface area contributed by atoms with Crippen LogP contribution < -0.4 is 14.8 Å². The Morgan fingerprint density at radius 1 is 1.17 bits per heavy atom. The lowest BCUT2D eigenvalue weighted by Crippen LogP contribution is -2.37. The minimum absolute atomic E-state index is 0.112. The van der Waals surface area contributed by atoms with Gasteiger partial charge in [0.15, 0.2) is 11.5 Å². The van der Waals surface area contributed by atoms with Gasteiger partial charge in [0.05, 0.1) is 4.91 Å². The van der Waals surface area contributed by atoms with Gasteiger partial charge in [-0.1, -0.05) is 23.8 Å². The second-order valence-corrected chi connectivity index (χ2v) is 7.56. The standard InChI is InChI=1S/C21H18N2O5S/c1-13-3-2-4-15(9-13)19(24)22-7-8-23-20(25)18(29-21(23)26)11-14-5-6-16-17(10-14)28-12-27-16/h2-6,9-11H,7-8,12H2,1H3,(H,22,24)/b18-11-. The molecule has 2 aromatic carbocycles. The van der Waals surface area contributed by atoms with Crippen molar-refractivity contribution in [3.8, 4) is 11.5 Å². The number of benzene rings is 2. The van der Waals surface area contributed by atoms with Crippen molar-refractivity contribution in [2.45, 2.75) is 6.92 Å². The molecule has 1 N–H and O–H groups in total. The summed E-state index contributed by atoms with van der Waals surface area (Å²) >= 11 is 0.881. The van der Waals surface area contributed by atoms with E-state index in [-0.39, 0.29) is 36.9 Å². The predicted octanol–water partition coefficient (Wildman–Crippen LogP) is 3.19. The van der Waals surface area contributed by atoms with Crippen LogP contribution in [-0.4, -0.2) is 41.8 Å². The number of ether oxygens (including phenoxy) is 2. The third kappa shape index (κ3) is 4.12. The molecule has 0 radical (unpaired) electrons. The average molecular weight is 410 g/mol. The van der Waals surface area contributed by atoms with Crippen molar-refractivity contribution in [1.82, 2.24) is 10.2 Å². The maximum absolute atomic E-state index is 12.6. The summed E-state index contributed by atoms with van der Waals surface area (Å²) in [5.74, 6) is 0.649. The molecule has 2 aromatic rings. The van der Waals surface area contributed by atoms with Gasteiger partial charge in [0, 0.05) is 18.7 Å². The van der Waals surface area contributed by atoms with Crippen molar-refractivity contribution in [3.05, 3.63) is 64.1 Å². The molecule has 0 bridgehead atoms. The van der Waals surface area contributed by atoms with Crippen LogP contribution in [0.25, 0.3) is 6.08 Å². The minimum Gasteiger partial charge on any atom is -0.454 e. The summed E-state index contributed by atoms with van der Waals surface area (Å²) in [6.45, 7) is 2.37. The summed E-state index contributed by atoms with van der Waals surface area (Å²) in [5, 5.41) is 2.39. The van der Waals surface area contributed by atoms with Crippen LogP contribution in [0.5, 0.6) is 11.5 Å². The van der Waals surface area contributed by atoms with Gasteiger partial charge in [-0.3, -0.25) is 19.3 Å². The lowest BCUT2D eigenvalue weighted by Gasteiger charge is -2.13. The van der Waals surface area contributed by atoms with Crippen LogP contribution in [0.4, 0.5) is 4.79 Å². The maximum Gasteiger partial charge on any atom is 0.293 e. The molecule has 0 unspecified atom stereocenters. The topological polar surface area (TPSA) is 84.9 Å². The Kier molecular flexibility index (Phi) is 5.26. The number of carbonyl (C=O) groups excluding carboxylic acids is 3. The van der Waals surface area contributed by atoms with Crippen LogP contribution >= 0.6 is 11.8 Å². The number of imide groups is 1. The molecule has 2 heterocycles. The van der Waals surface area contributed by atoms with Crippen LogP contribution in [0, 0.1) is 6.92 Å². The summed E-state index contributed by atoms with van der Waals surface area (Å²) in [7, 11) is 0. The predicted molar refractivity (Wildman–Crippen MR) is 109 cm³/mol. The SMILES string of the molecule is Cc1cccc(C(=O)NCCN2C(=O)S/C(=C\c3ccc4c(c3)OCO4)C2=O)c1. The Morgan fingerprint density at radius 3 is 2.83 bits per heavy atom. The van der Waals surface area contributed by atoms with Crippen molar-refractivity contribution in [2.24, 2.45) is 0 Å². The number of hydrogen-bond donors (Lipinski definition) is 1. The van der Waals surface area contributed by atoms with E-state index in [0.717, 1.165) is 27.8 Å². The fourth-order valence-corrected chi connectivity index (χ4v) is 3.88. The fraction of sp³-hybridized carbons (Fsp3) is 0.190. The highest BCUT2D eigenvalue weighted by Crippen LogP contribution is 2.36. The van der Waals surface area contributed by atoms with Crippen molar-refractivity contribution in [1.29, 1.82) is 0 Å². The minimum atomic E-state index is -0.373. The van der Waals surface area contributed by atoms with E-state index in [9.17, 15) is 14.4 Å². The summed E-state index contributed by atoms with van der Waals surface area (Å²) < 4.78 is 10.6. The molecular formula is C21H18N2O5S. The molecular weight excluding hydrogens is 392 g/mol. The molecule has 4 rings (SSSR count). The van der Waals surface area contributed by atoms with Gasteiger partial charge in [-0.2, -0.15) is 0 Å². The van der Waals surface area contributed by atoms with Gasteiger partial charge in [-0.15, -0.1) is 0 Å². The Bertz CT molecular complexity index is 1030. The number of thioether (sulfide) groups is 1. The van der Waals surface area contributed by atoms with E-state index in [1.807, 2.05) is 19.1 Å². The van der Waals surface area contributed by atoms with Gasteiger partial charge in [-0.05, 0) is 54.6 Å². The van der Waals surface area contributed by atoms with E-state index < -0.39 is 0 Å². The zero-order valence-electron chi connectivity index (χ0n) is 15.6. The summed E-state index contributed by atoms with van der Waals surface area (Å²) in [6.07, 6.45) is 1.65. The molecule has 0 aliphatic carbocycles. The van der Waals surface area contributed by atoms with Gasteiger partial charge < -0.3 is 14.8 Å². The first kappa shape index (κ1) is 19.1. The van der Waals surface area contributed by atoms with E-state index >= 15 is 0 Å². The number of hydrogen-bond acceptors (Lipinski definition) is 6. The van der Waals surface area contributed by atoms with Crippen LogP contribution in [0.1, 0.15) is 21.5 Å². The number of aryl methyl sites for hydroxylation is 1. The highest BCUT2D eigenvalue weighted by Gasteiger charge is 2.34. The van der Waals surface area contributed by atoms with Crippen LogP contribution in [-0.2, 0) is 4.79 Å².